The van der Waals surface area contributed by atoms with Crippen LogP contribution in [-0.2, 0) is 12.8 Å². The van der Waals surface area contributed by atoms with E-state index in [0.29, 0.717) is 29.2 Å². The van der Waals surface area contributed by atoms with Crippen LogP contribution in [-0.4, -0.2) is 15.3 Å². The van der Waals surface area contributed by atoms with E-state index in [1.54, 1.807) is 24.3 Å². The van der Waals surface area contributed by atoms with Gasteiger partial charge < -0.3 is 15.3 Å². The van der Waals surface area contributed by atoms with Crippen molar-refractivity contribution in [3.63, 3.8) is 0 Å². The van der Waals surface area contributed by atoms with Crippen LogP contribution in [0.2, 0.25) is 0 Å². The molecular formula is C18H16O3. The van der Waals surface area contributed by atoms with Gasteiger partial charge in [-0.15, -0.1) is 0 Å². The predicted molar refractivity (Wildman–Crippen MR) is 82.8 cm³/mol. The fourth-order valence-electron chi connectivity index (χ4n) is 2.59. The molecule has 0 aromatic heterocycles. The maximum absolute atomic E-state index is 10.4. The minimum absolute atomic E-state index is 0.0387. The molecule has 0 atom stereocenters. The Kier molecular flexibility index (Phi) is 3.40. The number of phenols is 3. The average molecular weight is 280 g/mol. The average Bonchev–Trinajstić information content (AvgIpc) is 2.54. The van der Waals surface area contributed by atoms with Gasteiger partial charge in [0.05, 0.1) is 0 Å². The molecule has 3 aromatic rings. The highest BCUT2D eigenvalue weighted by molar-refractivity contribution is 5.96. The van der Waals surface area contributed by atoms with Gasteiger partial charge in [-0.2, -0.15) is 0 Å². The third-order valence-electron chi connectivity index (χ3n) is 3.74. The summed E-state index contributed by atoms with van der Waals surface area (Å²) in [5.74, 6) is -0.370. The smallest absolute Gasteiger partial charge is 0.166 e. The molecule has 3 heteroatoms. The fourth-order valence-corrected chi connectivity index (χ4v) is 2.59. The molecule has 21 heavy (non-hydrogen) atoms. The zero-order chi connectivity index (χ0) is 14.8. The second kappa shape index (κ2) is 5.37. The van der Waals surface area contributed by atoms with Gasteiger partial charge in [0, 0.05) is 16.3 Å². The Hall–Kier alpha value is -2.68. The normalized spacial score (nSPS) is 10.9. The zero-order valence-corrected chi connectivity index (χ0v) is 11.5. The highest BCUT2D eigenvalue weighted by atomic mass is 16.3. The predicted octanol–water partition coefficient (Wildman–Crippen LogP) is 3.74. The van der Waals surface area contributed by atoms with Crippen molar-refractivity contribution >= 4 is 10.8 Å². The number of benzene rings is 3. The standard InChI is InChI=1S/C18H16O3/c19-16-13-8-4-5-9-14(13)17(20)18(21)15(16)11-10-12-6-2-1-3-7-12/h1-9,19-21H,10-11H2. The molecular weight excluding hydrogens is 264 g/mol. The summed E-state index contributed by atoms with van der Waals surface area (Å²) in [4.78, 5) is 0. The van der Waals surface area contributed by atoms with Crippen LogP contribution in [0.1, 0.15) is 11.1 Å². The maximum atomic E-state index is 10.4. The van der Waals surface area contributed by atoms with Crippen molar-refractivity contribution in [3.8, 4) is 17.2 Å². The summed E-state index contributed by atoms with van der Waals surface area (Å²) < 4.78 is 0. The highest BCUT2D eigenvalue weighted by Crippen LogP contribution is 2.44. The molecule has 0 fully saturated rings. The first-order valence-electron chi connectivity index (χ1n) is 6.87. The van der Waals surface area contributed by atoms with Crippen molar-refractivity contribution in [1.82, 2.24) is 0 Å². The summed E-state index contributed by atoms with van der Waals surface area (Å²) in [7, 11) is 0. The molecule has 3 aromatic carbocycles. The number of rotatable bonds is 3. The summed E-state index contributed by atoms with van der Waals surface area (Å²) in [5.41, 5.74) is 1.50. The molecule has 0 bridgehead atoms. The Labute approximate surface area is 122 Å². The molecule has 3 N–H and O–H groups in total. The minimum atomic E-state index is -0.234. The summed E-state index contributed by atoms with van der Waals surface area (Å²) in [6.07, 6.45) is 1.14. The summed E-state index contributed by atoms with van der Waals surface area (Å²) in [5, 5.41) is 31.6. The lowest BCUT2D eigenvalue weighted by Crippen LogP contribution is -1.94. The SMILES string of the molecule is Oc1c(CCc2ccccc2)c(O)c2ccccc2c1O. The molecule has 3 nitrogen and oxygen atoms in total. The highest BCUT2D eigenvalue weighted by Gasteiger charge is 2.17. The monoisotopic (exact) mass is 280 g/mol. The molecule has 0 amide bonds. The molecule has 106 valence electrons. The molecule has 0 spiro atoms. The van der Waals surface area contributed by atoms with Crippen molar-refractivity contribution in [3.05, 3.63) is 65.7 Å². The first-order chi connectivity index (χ1) is 10.2. The Morgan fingerprint density at radius 3 is 1.81 bits per heavy atom. The molecule has 0 aliphatic rings. The first-order valence-corrected chi connectivity index (χ1v) is 6.87. The van der Waals surface area contributed by atoms with E-state index < -0.39 is 0 Å². The van der Waals surface area contributed by atoms with E-state index in [1.165, 1.54) is 0 Å². The van der Waals surface area contributed by atoms with Gasteiger partial charge in [0.2, 0.25) is 0 Å². The third-order valence-corrected chi connectivity index (χ3v) is 3.74. The lowest BCUT2D eigenvalue weighted by Gasteiger charge is -2.13. The fraction of sp³-hybridized carbons (Fsp3) is 0.111. The largest absolute Gasteiger partial charge is 0.507 e. The van der Waals surface area contributed by atoms with Crippen LogP contribution >= 0.6 is 0 Å². The molecule has 0 heterocycles. The lowest BCUT2D eigenvalue weighted by molar-refractivity contribution is 0.395. The Bertz CT molecular complexity index is 779. The van der Waals surface area contributed by atoms with Gasteiger partial charge in [-0.1, -0.05) is 54.6 Å². The molecule has 0 aliphatic carbocycles. The molecule has 0 unspecified atom stereocenters. The van der Waals surface area contributed by atoms with Gasteiger partial charge in [-0.25, -0.2) is 0 Å². The molecule has 3 rings (SSSR count). The van der Waals surface area contributed by atoms with Crippen LogP contribution in [0.15, 0.2) is 54.6 Å². The van der Waals surface area contributed by atoms with Crippen molar-refractivity contribution < 1.29 is 15.3 Å². The van der Waals surface area contributed by atoms with Gasteiger partial charge >= 0.3 is 0 Å². The zero-order valence-electron chi connectivity index (χ0n) is 11.5. The van der Waals surface area contributed by atoms with Crippen LogP contribution in [0.3, 0.4) is 0 Å². The summed E-state index contributed by atoms with van der Waals surface area (Å²) >= 11 is 0. The number of fused-ring (bicyclic) bond motifs is 1. The topological polar surface area (TPSA) is 60.7 Å². The quantitative estimate of drug-likeness (QED) is 0.506. The van der Waals surface area contributed by atoms with Gasteiger partial charge in [0.25, 0.3) is 0 Å². The van der Waals surface area contributed by atoms with E-state index in [2.05, 4.69) is 0 Å². The number of hydrogen-bond donors (Lipinski definition) is 3. The van der Waals surface area contributed by atoms with Crippen LogP contribution in [0.5, 0.6) is 17.2 Å². The molecule has 0 saturated carbocycles. The van der Waals surface area contributed by atoms with E-state index in [-0.39, 0.29) is 17.2 Å². The Balaban J connectivity index is 2.02. The van der Waals surface area contributed by atoms with E-state index in [1.807, 2.05) is 30.3 Å². The second-order valence-electron chi connectivity index (χ2n) is 5.06. The first kappa shape index (κ1) is 13.3. The summed E-state index contributed by atoms with van der Waals surface area (Å²) in [6, 6.07) is 16.8. The Morgan fingerprint density at radius 2 is 1.14 bits per heavy atom. The number of hydrogen-bond acceptors (Lipinski definition) is 3. The number of aromatic hydroxyl groups is 3. The van der Waals surface area contributed by atoms with Crippen molar-refractivity contribution in [2.24, 2.45) is 0 Å². The van der Waals surface area contributed by atoms with Crippen LogP contribution in [0.4, 0.5) is 0 Å². The van der Waals surface area contributed by atoms with Gasteiger partial charge in [-0.3, -0.25) is 0 Å². The van der Waals surface area contributed by atoms with Crippen molar-refractivity contribution in [1.29, 1.82) is 0 Å². The molecule has 0 radical (unpaired) electrons. The van der Waals surface area contributed by atoms with Gasteiger partial charge in [0.1, 0.15) is 5.75 Å². The van der Waals surface area contributed by atoms with E-state index >= 15 is 0 Å². The molecule has 0 aliphatic heterocycles. The number of aryl methyl sites for hydroxylation is 1. The maximum Gasteiger partial charge on any atom is 0.166 e. The van der Waals surface area contributed by atoms with Gasteiger partial charge in [0.15, 0.2) is 11.5 Å². The molecule has 0 saturated heterocycles. The lowest BCUT2D eigenvalue weighted by atomic mass is 9.98. The van der Waals surface area contributed by atoms with Crippen LogP contribution < -0.4 is 0 Å². The van der Waals surface area contributed by atoms with Crippen LogP contribution in [0, 0.1) is 0 Å². The second-order valence-corrected chi connectivity index (χ2v) is 5.06. The number of phenolic OH excluding ortho intramolecular Hbond substituents is 3. The summed E-state index contributed by atoms with van der Waals surface area (Å²) in [6.45, 7) is 0. The Morgan fingerprint density at radius 1 is 0.571 bits per heavy atom. The van der Waals surface area contributed by atoms with E-state index in [0.717, 1.165) is 5.56 Å². The van der Waals surface area contributed by atoms with Crippen molar-refractivity contribution in [2.45, 2.75) is 12.8 Å². The van der Waals surface area contributed by atoms with Crippen molar-refractivity contribution in [2.75, 3.05) is 0 Å². The van der Waals surface area contributed by atoms with E-state index in [9.17, 15) is 15.3 Å². The third kappa shape index (κ3) is 2.38. The minimum Gasteiger partial charge on any atom is -0.507 e. The van der Waals surface area contributed by atoms with E-state index in [4.69, 9.17) is 0 Å². The van der Waals surface area contributed by atoms with Crippen LogP contribution in [0.25, 0.3) is 10.8 Å². The van der Waals surface area contributed by atoms with Gasteiger partial charge in [-0.05, 0) is 18.4 Å².